The number of benzene rings is 2. The first-order valence-electron chi connectivity index (χ1n) is 5.18. The van der Waals surface area contributed by atoms with Crippen molar-refractivity contribution in [1.29, 1.82) is 0 Å². The van der Waals surface area contributed by atoms with Crippen molar-refractivity contribution in [1.82, 2.24) is 0 Å². The summed E-state index contributed by atoms with van der Waals surface area (Å²) >= 11 is 3.23. The first-order chi connectivity index (χ1) is 8.58. The van der Waals surface area contributed by atoms with Crippen molar-refractivity contribution in [3.05, 3.63) is 69.9 Å². The van der Waals surface area contributed by atoms with Crippen molar-refractivity contribution in [2.75, 3.05) is 0 Å². The van der Waals surface area contributed by atoms with Crippen LogP contribution in [0.15, 0.2) is 53.0 Å². The van der Waals surface area contributed by atoms with Crippen LogP contribution in [0, 0.1) is 5.82 Å². The van der Waals surface area contributed by atoms with E-state index in [4.69, 9.17) is 0 Å². The lowest BCUT2D eigenvalue weighted by Crippen LogP contribution is -2.14. The van der Waals surface area contributed by atoms with E-state index in [1.807, 2.05) is 0 Å². The van der Waals surface area contributed by atoms with Gasteiger partial charge in [0.25, 0.3) is 0 Å². The molecular formula is C14H8BrFO2. The average molecular weight is 307 g/mol. The molecule has 2 aromatic rings. The van der Waals surface area contributed by atoms with E-state index in [0.717, 1.165) is 16.6 Å². The summed E-state index contributed by atoms with van der Waals surface area (Å²) < 4.78 is 13.4. The molecule has 0 bridgehead atoms. The molecule has 2 nitrogen and oxygen atoms in total. The fourth-order valence-corrected chi connectivity index (χ4v) is 1.89. The summed E-state index contributed by atoms with van der Waals surface area (Å²) in [5, 5.41) is 0. The Morgan fingerprint density at radius 3 is 2.11 bits per heavy atom. The second kappa shape index (κ2) is 5.23. The predicted molar refractivity (Wildman–Crippen MR) is 69.2 cm³/mol. The van der Waals surface area contributed by atoms with Gasteiger partial charge >= 0.3 is 0 Å². The summed E-state index contributed by atoms with van der Waals surface area (Å²) in [5.74, 6) is -1.70. The highest BCUT2D eigenvalue weighted by molar-refractivity contribution is 9.10. The third-order valence-electron chi connectivity index (χ3n) is 2.40. The highest BCUT2D eigenvalue weighted by Crippen LogP contribution is 2.14. The Morgan fingerprint density at radius 2 is 1.50 bits per heavy atom. The Hall–Kier alpha value is -1.81. The van der Waals surface area contributed by atoms with E-state index in [1.165, 1.54) is 12.1 Å². The summed E-state index contributed by atoms with van der Waals surface area (Å²) in [6.07, 6.45) is 0. The van der Waals surface area contributed by atoms with Crippen LogP contribution in [-0.2, 0) is 0 Å². The number of ketones is 2. The van der Waals surface area contributed by atoms with Crippen LogP contribution in [0.3, 0.4) is 0 Å². The Bertz CT molecular complexity index is 605. The monoisotopic (exact) mass is 306 g/mol. The molecule has 0 aromatic heterocycles. The van der Waals surface area contributed by atoms with Crippen molar-refractivity contribution in [3.63, 3.8) is 0 Å². The van der Waals surface area contributed by atoms with Crippen LogP contribution in [0.4, 0.5) is 4.39 Å². The van der Waals surface area contributed by atoms with Crippen molar-refractivity contribution in [3.8, 4) is 0 Å². The predicted octanol–water partition coefficient (Wildman–Crippen LogP) is 3.65. The minimum absolute atomic E-state index is 0.182. The van der Waals surface area contributed by atoms with Crippen LogP contribution in [0.25, 0.3) is 0 Å². The van der Waals surface area contributed by atoms with E-state index in [2.05, 4.69) is 15.9 Å². The fraction of sp³-hybridized carbons (Fsp3) is 0. The quantitative estimate of drug-likeness (QED) is 0.640. The molecule has 2 aromatic carbocycles. The maximum absolute atomic E-state index is 12.7. The molecule has 0 N–H and O–H groups in total. The van der Waals surface area contributed by atoms with Gasteiger partial charge in [-0.2, -0.15) is 0 Å². The third kappa shape index (κ3) is 2.71. The van der Waals surface area contributed by atoms with E-state index in [0.29, 0.717) is 5.56 Å². The Morgan fingerprint density at radius 1 is 0.889 bits per heavy atom. The summed E-state index contributed by atoms with van der Waals surface area (Å²) in [4.78, 5) is 23.8. The summed E-state index contributed by atoms with van der Waals surface area (Å²) in [6, 6.07) is 11.5. The number of carbonyl (C=O) groups is 2. The van der Waals surface area contributed by atoms with Gasteiger partial charge in [-0.3, -0.25) is 9.59 Å². The highest BCUT2D eigenvalue weighted by Gasteiger charge is 2.18. The molecule has 18 heavy (non-hydrogen) atoms. The molecule has 0 atom stereocenters. The normalized spacial score (nSPS) is 10.1. The van der Waals surface area contributed by atoms with Crippen molar-refractivity contribution in [2.45, 2.75) is 0 Å². The van der Waals surface area contributed by atoms with Crippen molar-refractivity contribution in [2.24, 2.45) is 0 Å². The molecule has 4 heteroatoms. The van der Waals surface area contributed by atoms with E-state index in [9.17, 15) is 14.0 Å². The lowest BCUT2D eigenvalue weighted by molar-refractivity contribution is 0.0817. The molecule has 0 heterocycles. The molecular weight excluding hydrogens is 299 g/mol. The van der Waals surface area contributed by atoms with Gasteiger partial charge in [-0.1, -0.05) is 28.1 Å². The van der Waals surface area contributed by atoms with Crippen molar-refractivity contribution >= 4 is 27.5 Å². The van der Waals surface area contributed by atoms with Crippen LogP contribution < -0.4 is 0 Å². The smallest absolute Gasteiger partial charge is 0.233 e. The molecule has 0 amide bonds. The Balaban J connectivity index is 2.29. The Labute approximate surface area is 112 Å². The van der Waals surface area contributed by atoms with Crippen LogP contribution in [0.1, 0.15) is 20.7 Å². The first kappa shape index (κ1) is 12.6. The molecule has 90 valence electrons. The SMILES string of the molecule is O=C(C(=O)c1cccc(Br)c1)c1ccc(F)cc1. The van der Waals surface area contributed by atoms with E-state index < -0.39 is 17.4 Å². The molecule has 0 saturated carbocycles. The first-order valence-corrected chi connectivity index (χ1v) is 5.97. The van der Waals surface area contributed by atoms with Gasteiger partial charge in [-0.25, -0.2) is 4.39 Å². The van der Waals surface area contributed by atoms with Gasteiger partial charge in [0, 0.05) is 15.6 Å². The topological polar surface area (TPSA) is 34.1 Å². The van der Waals surface area contributed by atoms with Crippen LogP contribution in [-0.4, -0.2) is 11.6 Å². The van der Waals surface area contributed by atoms with Gasteiger partial charge in [-0.05, 0) is 36.4 Å². The maximum atomic E-state index is 12.7. The molecule has 0 fully saturated rings. The highest BCUT2D eigenvalue weighted by atomic mass is 79.9. The Kier molecular flexibility index (Phi) is 3.67. The largest absolute Gasteiger partial charge is 0.285 e. The molecule has 0 saturated heterocycles. The second-order valence-corrected chi connectivity index (χ2v) is 4.59. The number of Topliss-reactive ketones (excluding diaryl/α,β-unsaturated/α-hetero) is 2. The van der Waals surface area contributed by atoms with Crippen LogP contribution in [0.2, 0.25) is 0 Å². The van der Waals surface area contributed by atoms with Gasteiger partial charge in [0.2, 0.25) is 11.6 Å². The average Bonchev–Trinajstić information content (AvgIpc) is 2.38. The lowest BCUT2D eigenvalue weighted by Gasteiger charge is -2.01. The summed E-state index contributed by atoms with van der Waals surface area (Å²) in [7, 11) is 0. The molecule has 0 aliphatic carbocycles. The van der Waals surface area contributed by atoms with E-state index in [1.54, 1.807) is 24.3 Å². The van der Waals surface area contributed by atoms with E-state index in [-0.39, 0.29) is 5.56 Å². The second-order valence-electron chi connectivity index (χ2n) is 3.68. The van der Waals surface area contributed by atoms with Gasteiger partial charge < -0.3 is 0 Å². The van der Waals surface area contributed by atoms with Gasteiger partial charge in [-0.15, -0.1) is 0 Å². The molecule has 2 rings (SSSR count). The minimum Gasteiger partial charge on any atom is -0.285 e. The number of hydrogen-bond donors (Lipinski definition) is 0. The summed E-state index contributed by atoms with van der Waals surface area (Å²) in [6.45, 7) is 0. The minimum atomic E-state index is -0.645. The fourth-order valence-electron chi connectivity index (χ4n) is 1.49. The van der Waals surface area contributed by atoms with Gasteiger partial charge in [0.1, 0.15) is 5.82 Å². The molecule has 0 spiro atoms. The number of hydrogen-bond acceptors (Lipinski definition) is 2. The standard InChI is InChI=1S/C14H8BrFO2/c15-11-3-1-2-10(8-11)14(18)13(17)9-4-6-12(16)7-5-9/h1-8H. The zero-order valence-corrected chi connectivity index (χ0v) is 10.8. The van der Waals surface area contributed by atoms with Crippen molar-refractivity contribution < 1.29 is 14.0 Å². The van der Waals surface area contributed by atoms with E-state index >= 15 is 0 Å². The number of halogens is 2. The lowest BCUT2D eigenvalue weighted by atomic mass is 10.0. The number of rotatable bonds is 3. The zero-order chi connectivity index (χ0) is 13.1. The van der Waals surface area contributed by atoms with Gasteiger partial charge in [0.15, 0.2) is 0 Å². The molecule has 0 radical (unpaired) electrons. The molecule has 0 aliphatic heterocycles. The molecule has 0 unspecified atom stereocenters. The van der Waals surface area contributed by atoms with Gasteiger partial charge in [0.05, 0.1) is 0 Å². The molecule has 0 aliphatic rings. The maximum Gasteiger partial charge on any atom is 0.233 e. The zero-order valence-electron chi connectivity index (χ0n) is 9.19. The third-order valence-corrected chi connectivity index (χ3v) is 2.89. The van der Waals surface area contributed by atoms with Crippen LogP contribution >= 0.6 is 15.9 Å². The van der Waals surface area contributed by atoms with Crippen LogP contribution in [0.5, 0.6) is 0 Å². The number of carbonyl (C=O) groups excluding carboxylic acids is 2. The summed E-state index contributed by atoms with van der Waals surface area (Å²) in [5.41, 5.74) is 0.486.